The van der Waals surface area contributed by atoms with Crippen LogP contribution < -0.4 is 4.74 Å². The monoisotopic (exact) mass is 462 g/mol. The first-order chi connectivity index (χ1) is 16.2. The fraction of sp³-hybridized carbons (Fsp3) is 0.357. The van der Waals surface area contributed by atoms with Crippen molar-refractivity contribution in [2.45, 2.75) is 52.7 Å². The smallest absolute Gasteiger partial charge is 0.242 e. The van der Waals surface area contributed by atoms with E-state index in [9.17, 15) is 9.59 Å². The Morgan fingerprint density at radius 3 is 2.09 bits per heavy atom. The molecule has 6 nitrogen and oxygen atoms in total. The zero-order valence-corrected chi connectivity index (χ0v) is 20.7. The second-order valence-electron chi connectivity index (χ2n) is 9.42. The molecule has 0 aliphatic heterocycles. The van der Waals surface area contributed by atoms with Crippen molar-refractivity contribution in [3.05, 3.63) is 89.4 Å². The van der Waals surface area contributed by atoms with Crippen molar-refractivity contribution in [2.75, 3.05) is 13.7 Å². The summed E-state index contributed by atoms with van der Waals surface area (Å²) in [6, 6.07) is 21.0. The highest BCUT2D eigenvalue weighted by Crippen LogP contribution is 2.19. The van der Waals surface area contributed by atoms with Crippen molar-refractivity contribution in [2.24, 2.45) is 0 Å². The Morgan fingerprint density at radius 1 is 0.853 bits per heavy atom. The molecule has 3 rings (SSSR count). The number of benzene rings is 2. The van der Waals surface area contributed by atoms with Crippen LogP contribution in [0.4, 0.5) is 0 Å². The Morgan fingerprint density at radius 2 is 1.53 bits per heavy atom. The van der Waals surface area contributed by atoms with E-state index < -0.39 is 5.54 Å². The molecule has 0 aliphatic carbocycles. The van der Waals surface area contributed by atoms with E-state index >= 15 is 0 Å². The molecule has 34 heavy (non-hydrogen) atoms. The molecule has 0 atom stereocenters. The largest absolute Gasteiger partial charge is 0.497 e. The number of aryl methyl sites for hydroxylation is 1. The van der Waals surface area contributed by atoms with Crippen LogP contribution in [0.3, 0.4) is 0 Å². The topological polar surface area (TPSA) is 63.0 Å². The third kappa shape index (κ3) is 6.98. The first kappa shape index (κ1) is 25.1. The first-order valence-corrected chi connectivity index (χ1v) is 11.5. The summed E-state index contributed by atoms with van der Waals surface area (Å²) in [5, 5.41) is 0. The van der Waals surface area contributed by atoms with Gasteiger partial charge in [-0.1, -0.05) is 42.5 Å². The van der Waals surface area contributed by atoms with Gasteiger partial charge < -0.3 is 19.0 Å². The molecule has 0 fully saturated rings. The summed E-state index contributed by atoms with van der Waals surface area (Å²) in [5.41, 5.74) is 1.38. The van der Waals surface area contributed by atoms with Gasteiger partial charge in [0.1, 0.15) is 23.8 Å². The maximum atomic E-state index is 13.5. The number of furan rings is 1. The van der Waals surface area contributed by atoms with Gasteiger partial charge in [-0.15, -0.1) is 0 Å². The van der Waals surface area contributed by atoms with Crippen molar-refractivity contribution >= 4 is 11.8 Å². The summed E-state index contributed by atoms with van der Waals surface area (Å²) in [6.45, 7) is 8.49. The van der Waals surface area contributed by atoms with E-state index in [2.05, 4.69) is 0 Å². The third-order valence-electron chi connectivity index (χ3n) is 5.63. The van der Waals surface area contributed by atoms with E-state index in [1.807, 2.05) is 94.4 Å². The van der Waals surface area contributed by atoms with Gasteiger partial charge in [-0.05, 0) is 63.1 Å². The van der Waals surface area contributed by atoms with Crippen LogP contribution in [0, 0.1) is 6.92 Å². The maximum Gasteiger partial charge on any atom is 0.242 e. The minimum Gasteiger partial charge on any atom is -0.497 e. The number of amides is 2. The van der Waals surface area contributed by atoms with E-state index in [0.717, 1.165) is 22.6 Å². The molecule has 180 valence electrons. The molecule has 0 radical (unpaired) electrons. The van der Waals surface area contributed by atoms with Crippen LogP contribution in [0.2, 0.25) is 0 Å². The molecular formula is C28H34N2O4. The summed E-state index contributed by atoms with van der Waals surface area (Å²) in [5.74, 6) is 2.03. The maximum absolute atomic E-state index is 13.5. The Labute approximate surface area is 202 Å². The van der Waals surface area contributed by atoms with Crippen LogP contribution in [0.5, 0.6) is 5.75 Å². The Bertz CT molecular complexity index is 1080. The van der Waals surface area contributed by atoms with E-state index in [-0.39, 0.29) is 24.8 Å². The molecule has 6 heteroatoms. The molecule has 0 aliphatic rings. The molecule has 0 saturated heterocycles. The lowest BCUT2D eigenvalue weighted by Crippen LogP contribution is -2.51. The van der Waals surface area contributed by atoms with Crippen molar-refractivity contribution < 1.29 is 18.7 Å². The fourth-order valence-electron chi connectivity index (χ4n) is 3.74. The average molecular weight is 463 g/mol. The van der Waals surface area contributed by atoms with Crippen molar-refractivity contribution in [1.29, 1.82) is 0 Å². The van der Waals surface area contributed by atoms with Gasteiger partial charge in [0.15, 0.2) is 0 Å². The molecule has 2 amide bonds. The number of carbonyl (C=O) groups is 2. The quantitative estimate of drug-likeness (QED) is 0.449. The predicted molar refractivity (Wildman–Crippen MR) is 132 cm³/mol. The Kier molecular flexibility index (Phi) is 8.16. The summed E-state index contributed by atoms with van der Waals surface area (Å²) in [7, 11) is 1.61. The summed E-state index contributed by atoms with van der Waals surface area (Å²) < 4.78 is 10.9. The fourth-order valence-corrected chi connectivity index (χ4v) is 3.74. The SMILES string of the molecule is COc1ccc(CC(=O)N(CC(=O)N(Cc2ccccc2)Cc2ccc(C)o2)C(C)(C)C)cc1. The Balaban J connectivity index is 1.78. The molecule has 0 saturated carbocycles. The number of rotatable bonds is 9. The lowest BCUT2D eigenvalue weighted by molar-refractivity contribution is -0.145. The second kappa shape index (κ2) is 11.1. The average Bonchev–Trinajstić information content (AvgIpc) is 3.21. The van der Waals surface area contributed by atoms with Crippen LogP contribution >= 0.6 is 0 Å². The molecule has 0 bridgehead atoms. The Hall–Kier alpha value is -3.54. The van der Waals surface area contributed by atoms with Crippen LogP contribution in [0.15, 0.2) is 71.1 Å². The predicted octanol–water partition coefficient (Wildman–Crippen LogP) is 5.00. The molecule has 1 aromatic heterocycles. The van der Waals surface area contributed by atoms with Gasteiger partial charge >= 0.3 is 0 Å². The van der Waals surface area contributed by atoms with E-state index in [0.29, 0.717) is 18.8 Å². The van der Waals surface area contributed by atoms with E-state index in [4.69, 9.17) is 9.15 Å². The van der Waals surface area contributed by atoms with E-state index in [1.165, 1.54) is 0 Å². The molecule has 1 heterocycles. The van der Waals surface area contributed by atoms with Crippen molar-refractivity contribution in [3.63, 3.8) is 0 Å². The molecule has 0 unspecified atom stereocenters. The summed E-state index contributed by atoms with van der Waals surface area (Å²) >= 11 is 0. The molecule has 2 aromatic carbocycles. The lowest BCUT2D eigenvalue weighted by Gasteiger charge is -2.37. The molecule has 0 spiro atoms. The first-order valence-electron chi connectivity index (χ1n) is 11.5. The van der Waals surface area contributed by atoms with E-state index in [1.54, 1.807) is 16.9 Å². The van der Waals surface area contributed by atoms with Crippen LogP contribution in [0.25, 0.3) is 0 Å². The van der Waals surface area contributed by atoms with Gasteiger partial charge in [0.2, 0.25) is 11.8 Å². The minimum absolute atomic E-state index is 0.00892. The zero-order chi connectivity index (χ0) is 24.7. The number of carbonyl (C=O) groups excluding carboxylic acids is 2. The molecule has 0 N–H and O–H groups in total. The van der Waals surface area contributed by atoms with Gasteiger partial charge in [-0.2, -0.15) is 0 Å². The second-order valence-corrected chi connectivity index (χ2v) is 9.42. The summed E-state index contributed by atoms with van der Waals surface area (Å²) in [6.07, 6.45) is 0.213. The normalized spacial score (nSPS) is 11.2. The highest BCUT2D eigenvalue weighted by atomic mass is 16.5. The number of hydrogen-bond acceptors (Lipinski definition) is 4. The number of hydrogen-bond donors (Lipinski definition) is 0. The van der Waals surface area contributed by atoms with Gasteiger partial charge in [0.25, 0.3) is 0 Å². The lowest BCUT2D eigenvalue weighted by atomic mass is 10.0. The van der Waals surface area contributed by atoms with Crippen molar-refractivity contribution in [3.8, 4) is 5.75 Å². The zero-order valence-electron chi connectivity index (χ0n) is 20.7. The minimum atomic E-state index is -0.515. The van der Waals surface area contributed by atoms with Crippen molar-refractivity contribution in [1.82, 2.24) is 9.80 Å². The van der Waals surface area contributed by atoms with Gasteiger partial charge in [0.05, 0.1) is 20.1 Å². The number of methoxy groups -OCH3 is 1. The van der Waals surface area contributed by atoms with Crippen LogP contribution in [-0.4, -0.2) is 40.8 Å². The number of nitrogens with zero attached hydrogens (tertiary/aromatic N) is 2. The highest BCUT2D eigenvalue weighted by Gasteiger charge is 2.30. The van der Waals surface area contributed by atoms with Gasteiger partial charge in [-0.3, -0.25) is 9.59 Å². The standard InChI is InChI=1S/C28H34N2O4/c1-21-11-14-25(34-21)19-29(18-23-9-7-6-8-10-23)27(32)20-30(28(2,3)4)26(31)17-22-12-15-24(33-5)16-13-22/h6-16H,17-20H2,1-5H3. The summed E-state index contributed by atoms with van der Waals surface area (Å²) in [4.78, 5) is 30.2. The van der Waals surface area contributed by atoms with Crippen LogP contribution in [0.1, 0.15) is 43.4 Å². The van der Waals surface area contributed by atoms with Gasteiger partial charge in [-0.25, -0.2) is 0 Å². The van der Waals surface area contributed by atoms with Gasteiger partial charge in [0, 0.05) is 12.1 Å². The molecular weight excluding hydrogens is 428 g/mol. The highest BCUT2D eigenvalue weighted by molar-refractivity contribution is 5.86. The third-order valence-corrected chi connectivity index (χ3v) is 5.63. The van der Waals surface area contributed by atoms with Crippen LogP contribution in [-0.2, 0) is 29.1 Å². The number of ether oxygens (including phenoxy) is 1. The molecule has 3 aromatic rings.